The molecule has 3 aromatic carbocycles. The molecule has 0 aliphatic heterocycles. The summed E-state index contributed by atoms with van der Waals surface area (Å²) in [5, 5.41) is 10.5. The van der Waals surface area contributed by atoms with Crippen LogP contribution in [0, 0.1) is 26.7 Å². The Kier molecular flexibility index (Phi) is 9.98. The number of aliphatic imine (C=N–C) groups is 1. The molecular formula is C31H34N6O4S. The van der Waals surface area contributed by atoms with Gasteiger partial charge in [0, 0.05) is 11.3 Å². The first kappa shape index (κ1) is 30.3. The average molecular weight is 587 g/mol. The highest BCUT2D eigenvalue weighted by atomic mass is 32.2. The van der Waals surface area contributed by atoms with Crippen molar-refractivity contribution in [1.29, 1.82) is 0 Å². The molecule has 218 valence electrons. The topological polar surface area (TPSA) is 120 Å². The van der Waals surface area contributed by atoms with E-state index in [1.165, 1.54) is 5.56 Å². The molecule has 0 unspecified atom stereocenters. The number of carbonyl (C=O) groups excluding carboxylic acids is 2. The van der Waals surface area contributed by atoms with Gasteiger partial charge in [-0.15, -0.1) is 5.10 Å². The third kappa shape index (κ3) is 7.97. The smallest absolute Gasteiger partial charge is 0.325 e. The van der Waals surface area contributed by atoms with Crippen LogP contribution in [0.3, 0.4) is 0 Å². The summed E-state index contributed by atoms with van der Waals surface area (Å²) in [5.41, 5.74) is 5.91. The first-order valence-electron chi connectivity index (χ1n) is 13.3. The maximum Gasteiger partial charge on any atom is 0.325 e. The normalized spacial score (nSPS) is 11.4. The molecule has 0 radical (unpaired) electrons. The van der Waals surface area contributed by atoms with Gasteiger partial charge >= 0.3 is 12.0 Å². The van der Waals surface area contributed by atoms with E-state index in [0.29, 0.717) is 17.2 Å². The Hall–Kier alpha value is -4.64. The number of ether oxygens (including phenoxy) is 2. The summed E-state index contributed by atoms with van der Waals surface area (Å²) in [7, 11) is 1.61. The van der Waals surface area contributed by atoms with E-state index >= 15 is 0 Å². The number of amidine groups is 1. The fourth-order valence-electron chi connectivity index (χ4n) is 3.90. The van der Waals surface area contributed by atoms with Crippen LogP contribution in [0.1, 0.15) is 30.5 Å². The highest BCUT2D eigenvalue weighted by Gasteiger charge is 2.14. The molecule has 1 aromatic heterocycles. The van der Waals surface area contributed by atoms with Gasteiger partial charge in [0.2, 0.25) is 0 Å². The zero-order chi connectivity index (χ0) is 30.2. The van der Waals surface area contributed by atoms with E-state index < -0.39 is 6.03 Å². The highest BCUT2D eigenvalue weighted by Crippen LogP contribution is 2.29. The van der Waals surface area contributed by atoms with Crippen molar-refractivity contribution in [2.45, 2.75) is 34.6 Å². The van der Waals surface area contributed by atoms with Gasteiger partial charge in [-0.3, -0.25) is 10.1 Å². The SMILES string of the molecule is COc1cc(C)c(N=C(NC(=O)Nc2ccc(-c3ncn(-c4ccc(C)cc4)n3)cc2)SCOC(=O)C(C)C)c(C)c1. The van der Waals surface area contributed by atoms with Gasteiger partial charge in [-0.2, -0.15) is 0 Å². The molecule has 0 bridgehead atoms. The van der Waals surface area contributed by atoms with Gasteiger partial charge in [-0.05, 0) is 92.2 Å². The molecule has 1 heterocycles. The van der Waals surface area contributed by atoms with E-state index in [2.05, 4.69) is 25.7 Å². The Morgan fingerprint density at radius 2 is 1.67 bits per heavy atom. The van der Waals surface area contributed by atoms with Gasteiger partial charge in [-0.25, -0.2) is 19.5 Å². The summed E-state index contributed by atoms with van der Waals surface area (Å²) in [6.07, 6.45) is 1.67. The van der Waals surface area contributed by atoms with Crippen LogP contribution in [0.2, 0.25) is 0 Å². The number of carbonyl (C=O) groups is 2. The molecule has 2 amide bonds. The molecule has 0 saturated carbocycles. The van der Waals surface area contributed by atoms with E-state index in [1.807, 2.05) is 69.3 Å². The van der Waals surface area contributed by atoms with Crippen molar-refractivity contribution in [3.05, 3.63) is 83.7 Å². The highest BCUT2D eigenvalue weighted by molar-refractivity contribution is 8.13. The van der Waals surface area contributed by atoms with Crippen LogP contribution in [0.4, 0.5) is 16.2 Å². The molecule has 0 spiro atoms. The summed E-state index contributed by atoms with van der Waals surface area (Å²) < 4.78 is 12.4. The third-order valence-electron chi connectivity index (χ3n) is 6.19. The number of urea groups is 1. The number of nitrogens with one attached hydrogen (secondary N) is 2. The second-order valence-electron chi connectivity index (χ2n) is 9.91. The van der Waals surface area contributed by atoms with Gasteiger partial charge in [0.05, 0.1) is 24.4 Å². The number of hydrogen-bond acceptors (Lipinski definition) is 8. The molecule has 4 rings (SSSR count). The van der Waals surface area contributed by atoms with Crippen LogP contribution in [0.5, 0.6) is 5.75 Å². The quantitative estimate of drug-likeness (QED) is 0.104. The van der Waals surface area contributed by atoms with Gasteiger partial charge in [0.15, 0.2) is 11.0 Å². The Bertz CT molecular complexity index is 1560. The van der Waals surface area contributed by atoms with Crippen molar-refractivity contribution in [3.8, 4) is 22.8 Å². The molecular weight excluding hydrogens is 552 g/mol. The lowest BCUT2D eigenvalue weighted by molar-refractivity contribution is -0.144. The number of rotatable bonds is 8. The third-order valence-corrected chi connectivity index (χ3v) is 6.90. The van der Waals surface area contributed by atoms with E-state index in [1.54, 1.807) is 44.1 Å². The van der Waals surface area contributed by atoms with Gasteiger partial charge in [0.25, 0.3) is 0 Å². The fourth-order valence-corrected chi connectivity index (χ4v) is 4.50. The van der Waals surface area contributed by atoms with Crippen LogP contribution in [0.15, 0.2) is 72.0 Å². The minimum absolute atomic E-state index is 0.00130. The van der Waals surface area contributed by atoms with Crippen molar-refractivity contribution in [3.63, 3.8) is 0 Å². The van der Waals surface area contributed by atoms with Crippen molar-refractivity contribution >= 4 is 40.3 Å². The molecule has 0 aliphatic rings. The predicted molar refractivity (Wildman–Crippen MR) is 167 cm³/mol. The average Bonchev–Trinajstić information content (AvgIpc) is 3.45. The van der Waals surface area contributed by atoms with Gasteiger partial charge < -0.3 is 14.8 Å². The molecule has 11 heteroatoms. The molecule has 2 N–H and O–H groups in total. The van der Waals surface area contributed by atoms with Crippen LogP contribution in [-0.4, -0.2) is 45.0 Å². The van der Waals surface area contributed by atoms with Crippen LogP contribution in [0.25, 0.3) is 17.1 Å². The molecule has 0 aliphatic carbocycles. The lowest BCUT2D eigenvalue weighted by Gasteiger charge is -2.13. The summed E-state index contributed by atoms with van der Waals surface area (Å²) in [4.78, 5) is 34.0. The van der Waals surface area contributed by atoms with Crippen LogP contribution >= 0.6 is 11.8 Å². The number of aryl methyl sites for hydroxylation is 3. The number of methoxy groups -OCH3 is 1. The Balaban J connectivity index is 1.46. The van der Waals surface area contributed by atoms with Gasteiger partial charge in [-0.1, -0.05) is 31.5 Å². The number of benzene rings is 3. The monoisotopic (exact) mass is 586 g/mol. The molecule has 0 saturated heterocycles. The van der Waals surface area contributed by atoms with E-state index in [0.717, 1.165) is 39.9 Å². The number of hydrogen-bond donors (Lipinski definition) is 2. The molecule has 0 atom stereocenters. The number of nitrogens with zero attached hydrogens (tertiary/aromatic N) is 4. The zero-order valence-corrected chi connectivity index (χ0v) is 25.3. The zero-order valence-electron chi connectivity index (χ0n) is 24.5. The summed E-state index contributed by atoms with van der Waals surface area (Å²) >= 11 is 1.11. The number of amides is 2. The summed E-state index contributed by atoms with van der Waals surface area (Å²) in [5.74, 6) is 0.694. The number of thioether (sulfide) groups is 1. The lowest BCUT2D eigenvalue weighted by atomic mass is 10.1. The van der Waals surface area contributed by atoms with Crippen LogP contribution < -0.4 is 15.4 Å². The maximum atomic E-state index is 13.0. The summed E-state index contributed by atoms with van der Waals surface area (Å²) in [6.45, 7) is 9.38. The fraction of sp³-hybridized carbons (Fsp3) is 0.258. The Labute approximate surface area is 249 Å². The van der Waals surface area contributed by atoms with Crippen molar-refractivity contribution in [2.75, 3.05) is 18.4 Å². The van der Waals surface area contributed by atoms with E-state index in [9.17, 15) is 9.59 Å². The predicted octanol–water partition coefficient (Wildman–Crippen LogP) is 6.57. The lowest BCUT2D eigenvalue weighted by Crippen LogP contribution is -2.33. The van der Waals surface area contributed by atoms with Gasteiger partial charge in [0.1, 0.15) is 18.0 Å². The maximum absolute atomic E-state index is 13.0. The Morgan fingerprint density at radius 1 is 1.00 bits per heavy atom. The molecule has 4 aromatic rings. The van der Waals surface area contributed by atoms with Crippen molar-refractivity contribution in [2.24, 2.45) is 10.9 Å². The summed E-state index contributed by atoms with van der Waals surface area (Å²) in [6, 6.07) is 18.5. The van der Waals surface area contributed by atoms with Crippen molar-refractivity contribution in [1.82, 2.24) is 20.1 Å². The standard InChI is InChI=1S/C31H34N6O4S/c1-19(2)29(38)41-18-42-31(34-27-21(4)15-26(40-6)16-22(27)5)35-30(39)33-24-11-9-23(10-12-24)28-32-17-37(36-28)25-13-7-20(3)8-14-25/h7-17,19H,18H2,1-6H3,(H2,33,34,35,39). The first-order chi connectivity index (χ1) is 20.1. The minimum atomic E-state index is -0.491. The number of anilines is 1. The van der Waals surface area contributed by atoms with E-state index in [-0.39, 0.29) is 23.0 Å². The molecule has 42 heavy (non-hydrogen) atoms. The van der Waals surface area contributed by atoms with Crippen LogP contribution in [-0.2, 0) is 9.53 Å². The largest absolute Gasteiger partial charge is 0.497 e. The second-order valence-corrected chi connectivity index (χ2v) is 10.8. The minimum Gasteiger partial charge on any atom is -0.497 e. The second kappa shape index (κ2) is 13.8. The van der Waals surface area contributed by atoms with Crippen molar-refractivity contribution < 1.29 is 19.1 Å². The first-order valence-corrected chi connectivity index (χ1v) is 14.3. The molecule has 0 fully saturated rings. The van der Waals surface area contributed by atoms with E-state index in [4.69, 9.17) is 9.47 Å². The molecule has 10 nitrogen and oxygen atoms in total. The number of esters is 1. The Morgan fingerprint density at radius 3 is 2.29 bits per heavy atom. The number of aromatic nitrogens is 3.